The van der Waals surface area contributed by atoms with Crippen LogP contribution in [-0.2, 0) is 4.79 Å². The third-order valence-electron chi connectivity index (χ3n) is 4.61. The zero-order valence-corrected chi connectivity index (χ0v) is 15.5. The maximum absolute atomic E-state index is 12.8. The molecule has 1 N–H and O–H groups in total. The van der Waals surface area contributed by atoms with Gasteiger partial charge < -0.3 is 9.88 Å². The van der Waals surface area contributed by atoms with Crippen LogP contribution in [0.25, 0.3) is 0 Å². The summed E-state index contributed by atoms with van der Waals surface area (Å²) in [5, 5.41) is 12.6. The highest BCUT2D eigenvalue weighted by Gasteiger charge is 2.34. The van der Waals surface area contributed by atoms with Crippen molar-refractivity contribution in [1.29, 1.82) is 0 Å². The van der Waals surface area contributed by atoms with Crippen LogP contribution in [0.3, 0.4) is 0 Å². The summed E-state index contributed by atoms with van der Waals surface area (Å²) in [5.41, 5.74) is 1.02. The summed E-state index contributed by atoms with van der Waals surface area (Å²) in [5.74, 6) is 1.44. The van der Waals surface area contributed by atoms with Crippen molar-refractivity contribution in [3.05, 3.63) is 41.7 Å². The molecule has 0 spiro atoms. The Morgan fingerprint density at radius 3 is 2.48 bits per heavy atom. The van der Waals surface area contributed by atoms with Crippen LogP contribution < -0.4 is 5.32 Å². The van der Waals surface area contributed by atoms with Crippen LogP contribution in [0.2, 0.25) is 0 Å². The molecule has 6 heteroatoms. The van der Waals surface area contributed by atoms with Crippen LogP contribution in [0.4, 0.5) is 0 Å². The lowest BCUT2D eigenvalue weighted by Crippen LogP contribution is -2.30. The zero-order chi connectivity index (χ0) is 17.4. The predicted octanol–water partition coefficient (Wildman–Crippen LogP) is 3.85. The maximum atomic E-state index is 12.8. The molecule has 0 radical (unpaired) electrons. The molecule has 1 atom stereocenters. The standard InChI is InChI=1S/C19H24N4OS/c1-12(2)17-21-22-19(23(17)15-10-11-15)25-16(13-6-4-3-5-7-13)18(24)20-14-8-9-14/h3-7,12,14-16H,8-11H2,1-2H3,(H,20,24). The Labute approximate surface area is 152 Å². The van der Waals surface area contributed by atoms with E-state index < -0.39 is 0 Å². The number of carbonyl (C=O) groups is 1. The largest absolute Gasteiger partial charge is 0.352 e. The molecule has 132 valence electrons. The van der Waals surface area contributed by atoms with E-state index in [1.54, 1.807) is 0 Å². The minimum absolute atomic E-state index is 0.0788. The van der Waals surface area contributed by atoms with Crippen molar-refractivity contribution in [1.82, 2.24) is 20.1 Å². The van der Waals surface area contributed by atoms with Crippen LogP contribution in [0.1, 0.15) is 68.1 Å². The molecule has 25 heavy (non-hydrogen) atoms. The highest BCUT2D eigenvalue weighted by atomic mass is 32.2. The molecule has 1 amide bonds. The number of carbonyl (C=O) groups excluding carboxylic acids is 1. The van der Waals surface area contributed by atoms with E-state index in [1.165, 1.54) is 24.6 Å². The van der Waals surface area contributed by atoms with E-state index in [-0.39, 0.29) is 11.2 Å². The van der Waals surface area contributed by atoms with Gasteiger partial charge >= 0.3 is 0 Å². The highest BCUT2D eigenvalue weighted by Crippen LogP contribution is 2.43. The predicted molar refractivity (Wildman–Crippen MR) is 98.6 cm³/mol. The average molecular weight is 356 g/mol. The van der Waals surface area contributed by atoms with Gasteiger partial charge in [-0.2, -0.15) is 0 Å². The lowest BCUT2D eigenvalue weighted by atomic mass is 10.1. The molecule has 2 fully saturated rings. The van der Waals surface area contributed by atoms with Crippen LogP contribution in [0.5, 0.6) is 0 Å². The first kappa shape index (κ1) is 16.6. The van der Waals surface area contributed by atoms with Crippen molar-refractivity contribution >= 4 is 17.7 Å². The number of benzene rings is 1. The monoisotopic (exact) mass is 356 g/mol. The van der Waals surface area contributed by atoms with E-state index in [0.717, 1.165) is 29.4 Å². The number of hydrogen-bond donors (Lipinski definition) is 1. The number of amides is 1. The molecule has 5 nitrogen and oxygen atoms in total. The van der Waals surface area contributed by atoms with Crippen molar-refractivity contribution in [3.63, 3.8) is 0 Å². The van der Waals surface area contributed by atoms with Gasteiger partial charge in [-0.1, -0.05) is 55.9 Å². The summed E-state index contributed by atoms with van der Waals surface area (Å²) in [4.78, 5) is 12.8. The second-order valence-corrected chi connectivity index (χ2v) is 8.36. The van der Waals surface area contributed by atoms with Gasteiger partial charge in [0.15, 0.2) is 5.16 Å². The summed E-state index contributed by atoms with van der Waals surface area (Å²) in [6.45, 7) is 4.29. The summed E-state index contributed by atoms with van der Waals surface area (Å²) < 4.78 is 2.26. The molecule has 1 aromatic carbocycles. The summed E-state index contributed by atoms with van der Waals surface area (Å²) in [7, 11) is 0. The fourth-order valence-electron chi connectivity index (χ4n) is 2.95. The maximum Gasteiger partial charge on any atom is 0.238 e. The van der Waals surface area contributed by atoms with Gasteiger partial charge in [0, 0.05) is 18.0 Å². The molecule has 0 saturated heterocycles. The van der Waals surface area contributed by atoms with Crippen LogP contribution in [0, 0.1) is 0 Å². The Morgan fingerprint density at radius 1 is 1.16 bits per heavy atom. The molecular formula is C19H24N4OS. The van der Waals surface area contributed by atoms with E-state index in [2.05, 4.69) is 33.9 Å². The van der Waals surface area contributed by atoms with Crippen molar-refractivity contribution in [3.8, 4) is 0 Å². The molecule has 4 rings (SSSR count). The minimum Gasteiger partial charge on any atom is -0.352 e. The first-order chi connectivity index (χ1) is 12.1. The van der Waals surface area contributed by atoms with Gasteiger partial charge in [0.05, 0.1) is 0 Å². The molecule has 2 aromatic rings. The number of nitrogens with one attached hydrogen (secondary N) is 1. The normalized spacial score (nSPS) is 18.4. The van der Waals surface area contributed by atoms with Crippen LogP contribution in [-0.4, -0.2) is 26.7 Å². The number of rotatable bonds is 7. The number of nitrogens with zero attached hydrogens (tertiary/aromatic N) is 3. The van der Waals surface area contributed by atoms with E-state index in [0.29, 0.717) is 18.0 Å². The topological polar surface area (TPSA) is 59.8 Å². The third kappa shape index (κ3) is 3.73. The lowest BCUT2D eigenvalue weighted by Gasteiger charge is -2.17. The Morgan fingerprint density at radius 2 is 1.88 bits per heavy atom. The molecule has 2 saturated carbocycles. The van der Waals surface area contributed by atoms with Crippen LogP contribution in [0.15, 0.2) is 35.5 Å². The number of hydrogen-bond acceptors (Lipinski definition) is 4. The Hall–Kier alpha value is -1.82. The molecule has 1 aromatic heterocycles. The SMILES string of the molecule is CC(C)c1nnc(SC(C(=O)NC2CC2)c2ccccc2)n1C1CC1. The highest BCUT2D eigenvalue weighted by molar-refractivity contribution is 8.00. The van der Waals surface area contributed by atoms with E-state index in [4.69, 9.17) is 0 Å². The van der Waals surface area contributed by atoms with Gasteiger partial charge in [0.2, 0.25) is 5.91 Å². The molecule has 0 aliphatic heterocycles. The van der Waals surface area contributed by atoms with E-state index in [1.807, 2.05) is 30.3 Å². The first-order valence-electron chi connectivity index (χ1n) is 9.10. The Kier molecular flexibility index (Phi) is 4.54. The summed E-state index contributed by atoms with van der Waals surface area (Å²) >= 11 is 1.53. The van der Waals surface area contributed by atoms with Gasteiger partial charge in [0.25, 0.3) is 0 Å². The van der Waals surface area contributed by atoms with Crippen molar-refractivity contribution in [2.45, 2.75) is 67.9 Å². The summed E-state index contributed by atoms with van der Waals surface area (Å²) in [6, 6.07) is 10.8. The van der Waals surface area contributed by atoms with E-state index >= 15 is 0 Å². The van der Waals surface area contributed by atoms with Gasteiger partial charge in [-0.25, -0.2) is 0 Å². The second-order valence-electron chi connectivity index (χ2n) is 7.29. The molecule has 1 unspecified atom stereocenters. The Bertz CT molecular complexity index is 750. The lowest BCUT2D eigenvalue weighted by molar-refractivity contribution is -0.120. The molecule has 0 bridgehead atoms. The average Bonchev–Trinajstić information content (AvgIpc) is 3.53. The quantitative estimate of drug-likeness (QED) is 0.766. The molecule has 2 aliphatic rings. The van der Waals surface area contributed by atoms with Gasteiger partial charge in [-0.05, 0) is 31.2 Å². The van der Waals surface area contributed by atoms with Gasteiger partial charge in [-0.3, -0.25) is 4.79 Å². The first-order valence-corrected chi connectivity index (χ1v) is 9.98. The Balaban J connectivity index is 1.63. The third-order valence-corrected chi connectivity index (χ3v) is 5.82. The van der Waals surface area contributed by atoms with Gasteiger partial charge in [-0.15, -0.1) is 10.2 Å². The molecular weight excluding hydrogens is 332 g/mol. The molecule has 1 heterocycles. The fourth-order valence-corrected chi connectivity index (χ4v) is 4.07. The van der Waals surface area contributed by atoms with Crippen molar-refractivity contribution in [2.24, 2.45) is 0 Å². The van der Waals surface area contributed by atoms with Crippen LogP contribution >= 0.6 is 11.8 Å². The van der Waals surface area contributed by atoms with Gasteiger partial charge in [0.1, 0.15) is 11.1 Å². The number of thioether (sulfide) groups is 1. The minimum atomic E-state index is -0.288. The fraction of sp³-hybridized carbons (Fsp3) is 0.526. The smallest absolute Gasteiger partial charge is 0.238 e. The van der Waals surface area contributed by atoms with Crippen molar-refractivity contribution < 1.29 is 4.79 Å². The molecule has 2 aliphatic carbocycles. The van der Waals surface area contributed by atoms with E-state index in [9.17, 15) is 4.79 Å². The zero-order valence-electron chi connectivity index (χ0n) is 14.7. The summed E-state index contributed by atoms with van der Waals surface area (Å²) in [6.07, 6.45) is 4.53. The number of aromatic nitrogens is 3. The van der Waals surface area contributed by atoms with Crippen molar-refractivity contribution in [2.75, 3.05) is 0 Å². The second kappa shape index (κ2) is 6.83.